The topological polar surface area (TPSA) is 62.7 Å². The van der Waals surface area contributed by atoms with Crippen LogP contribution in [0, 0.1) is 0 Å². The molecule has 1 rings (SSSR count). The molecule has 1 aromatic heterocycles. The summed E-state index contributed by atoms with van der Waals surface area (Å²) < 4.78 is 29.5. The minimum Gasteiger partial charge on any atom is -0.461 e. The summed E-state index contributed by atoms with van der Waals surface area (Å²) in [6.07, 6.45) is -2.48. The zero-order valence-corrected chi connectivity index (χ0v) is 11.3. The van der Waals surface area contributed by atoms with Crippen LogP contribution in [-0.2, 0) is 11.3 Å². The number of ether oxygens (including phenoxy) is 1. The van der Waals surface area contributed by atoms with Crippen molar-refractivity contribution in [3.63, 3.8) is 0 Å². The van der Waals surface area contributed by atoms with Crippen LogP contribution in [0.4, 0.5) is 8.78 Å². The number of halogens is 2. The van der Waals surface area contributed by atoms with E-state index >= 15 is 0 Å². The third-order valence-corrected chi connectivity index (χ3v) is 3.07. The van der Waals surface area contributed by atoms with E-state index in [1.807, 2.05) is 0 Å². The number of alkyl halides is 2. The van der Waals surface area contributed by atoms with E-state index in [0.717, 1.165) is 11.3 Å². The van der Waals surface area contributed by atoms with Crippen molar-refractivity contribution in [2.24, 2.45) is 0 Å². The zero-order chi connectivity index (χ0) is 14.3. The molecule has 0 aliphatic carbocycles. The molecule has 0 amide bonds. The second-order valence-electron chi connectivity index (χ2n) is 3.71. The molecular weight excluding hydrogens is 278 g/mol. The van der Waals surface area contributed by atoms with Gasteiger partial charge < -0.3 is 9.84 Å². The van der Waals surface area contributed by atoms with E-state index in [2.05, 4.69) is 4.98 Å². The van der Waals surface area contributed by atoms with Gasteiger partial charge in [-0.25, -0.2) is 18.6 Å². The maximum Gasteiger partial charge on any atom is 0.367 e. The Kier molecular flexibility index (Phi) is 6.82. The molecule has 0 fully saturated rings. The molecule has 0 aromatic carbocycles. The number of esters is 1. The van der Waals surface area contributed by atoms with Gasteiger partial charge in [0.15, 0.2) is 0 Å². The predicted octanol–water partition coefficient (Wildman–Crippen LogP) is 1.38. The monoisotopic (exact) mass is 294 g/mol. The molecule has 0 aliphatic heterocycles. The fourth-order valence-corrected chi connectivity index (χ4v) is 2.17. The van der Waals surface area contributed by atoms with Crippen molar-refractivity contribution in [1.29, 1.82) is 0 Å². The van der Waals surface area contributed by atoms with Crippen molar-refractivity contribution in [3.05, 3.63) is 16.1 Å². The average molecular weight is 294 g/mol. The number of thiazole rings is 1. The van der Waals surface area contributed by atoms with Crippen molar-refractivity contribution in [2.75, 3.05) is 26.3 Å². The summed E-state index contributed by atoms with van der Waals surface area (Å²) >= 11 is 1.11. The third kappa shape index (κ3) is 5.58. The lowest BCUT2D eigenvalue weighted by Gasteiger charge is -2.19. The van der Waals surface area contributed by atoms with Crippen LogP contribution in [0.25, 0.3) is 0 Å². The van der Waals surface area contributed by atoms with E-state index in [-0.39, 0.29) is 31.3 Å². The lowest BCUT2D eigenvalue weighted by Crippen LogP contribution is -2.31. The summed E-state index contributed by atoms with van der Waals surface area (Å²) in [5.41, 5.74) is 0.516. The normalized spacial score (nSPS) is 11.3. The van der Waals surface area contributed by atoms with Crippen molar-refractivity contribution >= 4 is 17.3 Å². The zero-order valence-electron chi connectivity index (χ0n) is 10.5. The van der Waals surface area contributed by atoms with Crippen LogP contribution in [0.2, 0.25) is 0 Å². The van der Waals surface area contributed by atoms with Gasteiger partial charge in [-0.15, -0.1) is 11.3 Å². The third-order valence-electron chi connectivity index (χ3n) is 2.20. The number of carbonyl (C=O) groups is 1. The predicted molar refractivity (Wildman–Crippen MR) is 66.4 cm³/mol. The fourth-order valence-electron chi connectivity index (χ4n) is 1.47. The molecule has 5 nitrogen and oxygen atoms in total. The van der Waals surface area contributed by atoms with Gasteiger partial charge in [-0.1, -0.05) is 0 Å². The van der Waals surface area contributed by atoms with Gasteiger partial charge in [0.2, 0.25) is 5.01 Å². The Labute approximate surface area is 113 Å². The van der Waals surface area contributed by atoms with Gasteiger partial charge in [0.1, 0.15) is 0 Å². The lowest BCUT2D eigenvalue weighted by molar-refractivity contribution is 0.0523. The number of rotatable bonds is 8. The largest absolute Gasteiger partial charge is 0.461 e. The van der Waals surface area contributed by atoms with Gasteiger partial charge in [0, 0.05) is 18.5 Å². The first-order valence-electron chi connectivity index (χ1n) is 5.79. The van der Waals surface area contributed by atoms with E-state index in [4.69, 9.17) is 9.84 Å². The summed E-state index contributed by atoms with van der Waals surface area (Å²) in [7, 11) is 0. The molecule has 1 N–H and O–H groups in total. The smallest absolute Gasteiger partial charge is 0.367 e. The van der Waals surface area contributed by atoms with Gasteiger partial charge >= 0.3 is 5.97 Å². The molecule has 0 spiro atoms. The van der Waals surface area contributed by atoms with Gasteiger partial charge in [0.05, 0.1) is 25.5 Å². The first-order chi connectivity index (χ1) is 9.06. The lowest BCUT2D eigenvalue weighted by atomic mass is 10.4. The fraction of sp³-hybridized carbons (Fsp3) is 0.636. The molecule has 0 aliphatic rings. The maximum atomic E-state index is 12.3. The Morgan fingerprint density at radius 2 is 2.37 bits per heavy atom. The number of hydrogen-bond acceptors (Lipinski definition) is 6. The van der Waals surface area contributed by atoms with Gasteiger partial charge in [-0.3, -0.25) is 4.90 Å². The van der Waals surface area contributed by atoms with Crippen LogP contribution in [0.5, 0.6) is 0 Å². The Hall–Kier alpha value is -1.12. The van der Waals surface area contributed by atoms with Crippen LogP contribution in [-0.4, -0.2) is 53.7 Å². The minimum absolute atomic E-state index is 0.136. The quantitative estimate of drug-likeness (QED) is 0.734. The SMILES string of the molecule is CCOC(=O)c1nc(CN(CCO)CC(F)F)cs1. The van der Waals surface area contributed by atoms with E-state index in [1.54, 1.807) is 12.3 Å². The molecule has 0 unspecified atom stereocenters. The summed E-state index contributed by atoms with van der Waals surface area (Å²) in [5.74, 6) is -0.513. The second kappa shape index (κ2) is 8.13. The highest BCUT2D eigenvalue weighted by atomic mass is 32.1. The van der Waals surface area contributed by atoms with Gasteiger partial charge in [-0.05, 0) is 6.92 Å². The second-order valence-corrected chi connectivity index (χ2v) is 4.57. The highest BCUT2D eigenvalue weighted by Gasteiger charge is 2.16. The molecule has 1 heterocycles. The Balaban J connectivity index is 2.61. The molecular formula is C11H16F2N2O3S. The van der Waals surface area contributed by atoms with Crippen molar-refractivity contribution in [2.45, 2.75) is 19.9 Å². The molecule has 108 valence electrons. The Morgan fingerprint density at radius 1 is 1.63 bits per heavy atom. The number of aliphatic hydroxyl groups excluding tert-OH is 1. The van der Waals surface area contributed by atoms with Crippen molar-refractivity contribution in [3.8, 4) is 0 Å². The van der Waals surface area contributed by atoms with Crippen molar-refractivity contribution in [1.82, 2.24) is 9.88 Å². The molecule has 19 heavy (non-hydrogen) atoms. The molecule has 8 heteroatoms. The van der Waals surface area contributed by atoms with E-state index in [9.17, 15) is 13.6 Å². The molecule has 0 atom stereocenters. The molecule has 0 bridgehead atoms. The van der Waals surface area contributed by atoms with Gasteiger partial charge in [-0.2, -0.15) is 0 Å². The van der Waals surface area contributed by atoms with E-state index in [0.29, 0.717) is 5.69 Å². The molecule has 1 aromatic rings. The highest BCUT2D eigenvalue weighted by molar-refractivity contribution is 7.11. The maximum absolute atomic E-state index is 12.3. The van der Waals surface area contributed by atoms with Crippen LogP contribution >= 0.6 is 11.3 Å². The number of carbonyl (C=O) groups excluding carboxylic acids is 1. The summed E-state index contributed by atoms with van der Waals surface area (Å²) in [6.45, 7) is 1.61. The highest BCUT2D eigenvalue weighted by Crippen LogP contribution is 2.13. The molecule has 0 saturated carbocycles. The van der Waals surface area contributed by atoms with Crippen LogP contribution < -0.4 is 0 Å². The Bertz CT molecular complexity index is 401. The standard InChI is InChI=1S/C11H16F2N2O3S/c1-2-18-11(17)10-14-8(7-19-10)5-15(3-4-16)6-9(12)13/h7,9,16H,2-6H2,1H3. The Morgan fingerprint density at radius 3 is 2.95 bits per heavy atom. The first-order valence-corrected chi connectivity index (χ1v) is 6.67. The van der Waals surface area contributed by atoms with E-state index < -0.39 is 18.9 Å². The summed E-state index contributed by atoms with van der Waals surface area (Å²) in [4.78, 5) is 16.8. The first kappa shape index (κ1) is 15.9. The van der Waals surface area contributed by atoms with Crippen LogP contribution in [0.3, 0.4) is 0 Å². The summed E-state index contributed by atoms with van der Waals surface area (Å²) in [5, 5.41) is 10.6. The number of aliphatic hydroxyl groups is 1. The number of aromatic nitrogens is 1. The minimum atomic E-state index is -2.48. The van der Waals surface area contributed by atoms with E-state index in [1.165, 1.54) is 4.90 Å². The molecule has 0 radical (unpaired) electrons. The van der Waals surface area contributed by atoms with Crippen LogP contribution in [0.1, 0.15) is 22.4 Å². The van der Waals surface area contributed by atoms with Crippen molar-refractivity contribution < 1.29 is 23.4 Å². The van der Waals surface area contributed by atoms with Crippen LogP contribution in [0.15, 0.2) is 5.38 Å². The average Bonchev–Trinajstić information content (AvgIpc) is 2.77. The number of nitrogens with zero attached hydrogens (tertiary/aromatic N) is 2. The van der Waals surface area contributed by atoms with Gasteiger partial charge in [0.25, 0.3) is 6.43 Å². The number of hydrogen-bond donors (Lipinski definition) is 1. The summed E-state index contributed by atoms with van der Waals surface area (Å²) in [6, 6.07) is 0. The molecule has 0 saturated heterocycles.